The van der Waals surface area contributed by atoms with Crippen molar-refractivity contribution in [2.45, 2.75) is 53.1 Å². The summed E-state index contributed by atoms with van der Waals surface area (Å²) in [5.41, 5.74) is 0. The molecule has 1 unspecified atom stereocenters. The van der Waals surface area contributed by atoms with Gasteiger partial charge < -0.3 is 0 Å². The van der Waals surface area contributed by atoms with E-state index in [2.05, 4.69) is 0 Å². The van der Waals surface area contributed by atoms with Crippen LogP contribution in [0.2, 0.25) is 0 Å². The minimum Gasteiger partial charge on any atom is -0.171 e. The van der Waals surface area contributed by atoms with Gasteiger partial charge in [0.05, 0.1) is 5.92 Å². The second-order valence-electron chi connectivity index (χ2n) is 2.44. The van der Waals surface area contributed by atoms with E-state index in [1.807, 2.05) is 13.8 Å². The number of halogens is 3. The third-order valence-electron chi connectivity index (χ3n) is 1.59. The number of alkyl halides is 3. The lowest BCUT2D eigenvalue weighted by Crippen LogP contribution is -2.21. The van der Waals surface area contributed by atoms with Gasteiger partial charge in [-0.1, -0.05) is 34.1 Å². The summed E-state index contributed by atoms with van der Waals surface area (Å²) in [7, 11) is 0. The van der Waals surface area contributed by atoms with Crippen LogP contribution in [0.15, 0.2) is 0 Å². The average Bonchev–Trinajstić information content (AvgIpc) is 2.02. The molecule has 1 atom stereocenters. The van der Waals surface area contributed by atoms with Crippen molar-refractivity contribution in [3.8, 4) is 0 Å². The van der Waals surface area contributed by atoms with E-state index < -0.39 is 12.1 Å². The maximum Gasteiger partial charge on any atom is 0.391 e. The molecule has 0 aromatic rings. The zero-order valence-corrected chi connectivity index (χ0v) is 8.33. The van der Waals surface area contributed by atoms with Crippen LogP contribution in [0.25, 0.3) is 0 Å². The first-order chi connectivity index (χ1) is 5.52. The third-order valence-corrected chi connectivity index (χ3v) is 1.59. The second kappa shape index (κ2) is 7.44. The number of hydrogen-bond donors (Lipinski definition) is 0. The fraction of sp³-hybridized carbons (Fsp3) is 1.00. The van der Waals surface area contributed by atoms with E-state index in [4.69, 9.17) is 0 Å². The lowest BCUT2D eigenvalue weighted by molar-refractivity contribution is -0.177. The van der Waals surface area contributed by atoms with E-state index in [0.717, 1.165) is 0 Å². The third kappa shape index (κ3) is 6.50. The summed E-state index contributed by atoms with van der Waals surface area (Å²) in [4.78, 5) is 0. The van der Waals surface area contributed by atoms with Gasteiger partial charge in [-0.2, -0.15) is 13.2 Å². The van der Waals surface area contributed by atoms with Crippen LogP contribution in [0.1, 0.15) is 47.0 Å². The zero-order chi connectivity index (χ0) is 10.2. The van der Waals surface area contributed by atoms with Crippen LogP contribution < -0.4 is 0 Å². The summed E-state index contributed by atoms with van der Waals surface area (Å²) in [5.74, 6) is -1.09. The summed E-state index contributed by atoms with van der Waals surface area (Å²) >= 11 is 0. The molecule has 3 heteroatoms. The summed E-state index contributed by atoms with van der Waals surface area (Å²) in [6, 6.07) is 0. The Morgan fingerprint density at radius 2 is 1.50 bits per heavy atom. The zero-order valence-electron chi connectivity index (χ0n) is 8.33. The molecule has 0 N–H and O–H groups in total. The Morgan fingerprint density at radius 3 is 1.58 bits per heavy atom. The van der Waals surface area contributed by atoms with Crippen LogP contribution in [0, 0.1) is 5.92 Å². The van der Waals surface area contributed by atoms with Crippen LogP contribution in [-0.2, 0) is 0 Å². The number of hydrogen-bond acceptors (Lipinski definition) is 0. The molecule has 0 spiro atoms. The summed E-state index contributed by atoms with van der Waals surface area (Å²) in [6.45, 7) is 7.35. The van der Waals surface area contributed by atoms with Crippen LogP contribution in [0.5, 0.6) is 0 Å². The highest BCUT2D eigenvalue weighted by atomic mass is 19.4. The minimum absolute atomic E-state index is 0.206. The summed E-state index contributed by atoms with van der Waals surface area (Å²) < 4.78 is 35.7. The van der Waals surface area contributed by atoms with Crippen molar-refractivity contribution in [3.63, 3.8) is 0 Å². The molecule has 12 heavy (non-hydrogen) atoms. The quantitative estimate of drug-likeness (QED) is 0.609. The average molecular weight is 184 g/mol. The highest BCUT2D eigenvalue weighted by Crippen LogP contribution is 2.31. The lowest BCUT2D eigenvalue weighted by Gasteiger charge is -2.16. The molecule has 0 amide bonds. The molecule has 0 aliphatic carbocycles. The van der Waals surface area contributed by atoms with Crippen molar-refractivity contribution in [2.24, 2.45) is 5.92 Å². The molecule has 0 bridgehead atoms. The van der Waals surface area contributed by atoms with Gasteiger partial charge >= 0.3 is 6.18 Å². The first-order valence-corrected chi connectivity index (χ1v) is 4.59. The van der Waals surface area contributed by atoms with Crippen molar-refractivity contribution in [1.29, 1.82) is 0 Å². The smallest absolute Gasteiger partial charge is 0.171 e. The predicted octanol–water partition coefficient (Wildman–Crippen LogP) is 4.40. The molecule has 0 heterocycles. The van der Waals surface area contributed by atoms with Crippen LogP contribution in [0.3, 0.4) is 0 Å². The molecule has 0 aromatic carbocycles. The fourth-order valence-corrected chi connectivity index (χ4v) is 0.948. The standard InChI is InChI=1S/C7H13F3.C2H6/c1-3-5-6(4-2)7(8,9)10;1-2/h6H,3-5H2,1-2H3;1-2H3. The topological polar surface area (TPSA) is 0 Å². The van der Waals surface area contributed by atoms with E-state index in [-0.39, 0.29) is 12.8 Å². The van der Waals surface area contributed by atoms with Gasteiger partial charge in [0.15, 0.2) is 0 Å². The highest BCUT2D eigenvalue weighted by molar-refractivity contribution is 4.64. The van der Waals surface area contributed by atoms with E-state index in [1.165, 1.54) is 0 Å². The molecule has 0 aromatic heterocycles. The van der Waals surface area contributed by atoms with Gasteiger partial charge in [-0.3, -0.25) is 0 Å². The predicted molar refractivity (Wildman–Crippen MR) is 46.1 cm³/mol. The van der Waals surface area contributed by atoms with E-state index in [1.54, 1.807) is 13.8 Å². The molecule has 0 saturated heterocycles. The van der Waals surface area contributed by atoms with Crippen molar-refractivity contribution < 1.29 is 13.2 Å². The van der Waals surface area contributed by atoms with Gasteiger partial charge in [0.2, 0.25) is 0 Å². The maximum atomic E-state index is 11.9. The van der Waals surface area contributed by atoms with Crippen LogP contribution in [-0.4, -0.2) is 6.18 Å². The van der Waals surface area contributed by atoms with E-state index >= 15 is 0 Å². The van der Waals surface area contributed by atoms with Crippen LogP contribution in [0.4, 0.5) is 13.2 Å². The Hall–Kier alpha value is -0.210. The molecule has 0 saturated carbocycles. The highest BCUT2D eigenvalue weighted by Gasteiger charge is 2.36. The molecule has 0 aliphatic heterocycles. The van der Waals surface area contributed by atoms with Crippen LogP contribution >= 0.6 is 0 Å². The molecule has 0 radical (unpaired) electrons. The van der Waals surface area contributed by atoms with Crippen molar-refractivity contribution in [3.05, 3.63) is 0 Å². The first-order valence-electron chi connectivity index (χ1n) is 4.59. The van der Waals surface area contributed by atoms with Gasteiger partial charge in [0.25, 0.3) is 0 Å². The molecule has 0 aliphatic rings. The van der Waals surface area contributed by atoms with Gasteiger partial charge in [-0.15, -0.1) is 0 Å². The Morgan fingerprint density at radius 1 is 1.08 bits per heavy atom. The first kappa shape index (κ1) is 14.3. The SMILES string of the molecule is CC.CCCC(CC)C(F)(F)F. The summed E-state index contributed by atoms with van der Waals surface area (Å²) in [6.07, 6.45) is -2.90. The minimum atomic E-state index is -3.98. The van der Waals surface area contributed by atoms with E-state index in [9.17, 15) is 13.2 Å². The largest absolute Gasteiger partial charge is 0.391 e. The molecule has 0 fully saturated rings. The monoisotopic (exact) mass is 184 g/mol. The maximum absolute atomic E-state index is 11.9. The fourth-order valence-electron chi connectivity index (χ4n) is 0.948. The molecular weight excluding hydrogens is 165 g/mol. The Labute approximate surface area is 73.2 Å². The normalized spacial score (nSPS) is 13.2. The van der Waals surface area contributed by atoms with Gasteiger partial charge in [0.1, 0.15) is 0 Å². The van der Waals surface area contributed by atoms with Crippen molar-refractivity contribution in [1.82, 2.24) is 0 Å². The Balaban J connectivity index is 0. The molecule has 76 valence electrons. The Bertz CT molecular complexity index is 86.3. The lowest BCUT2D eigenvalue weighted by atomic mass is 10.0. The van der Waals surface area contributed by atoms with Crippen molar-refractivity contribution in [2.75, 3.05) is 0 Å². The van der Waals surface area contributed by atoms with Gasteiger partial charge in [-0.25, -0.2) is 0 Å². The summed E-state index contributed by atoms with van der Waals surface area (Å²) in [5, 5.41) is 0. The molecular formula is C9H19F3. The van der Waals surface area contributed by atoms with Crippen molar-refractivity contribution >= 4 is 0 Å². The number of rotatable bonds is 3. The Kier molecular flexibility index (Phi) is 8.88. The molecule has 0 rings (SSSR count). The van der Waals surface area contributed by atoms with Gasteiger partial charge in [0, 0.05) is 0 Å². The molecule has 0 nitrogen and oxygen atoms in total. The van der Waals surface area contributed by atoms with Gasteiger partial charge in [-0.05, 0) is 12.8 Å². The van der Waals surface area contributed by atoms with E-state index in [0.29, 0.717) is 6.42 Å². The second-order valence-corrected chi connectivity index (χ2v) is 2.44.